The van der Waals surface area contributed by atoms with Crippen molar-refractivity contribution in [1.82, 2.24) is 10.2 Å². The van der Waals surface area contributed by atoms with Crippen LogP contribution in [-0.4, -0.2) is 64.2 Å². The Morgan fingerprint density at radius 2 is 1.71 bits per heavy atom. The van der Waals surface area contributed by atoms with Gasteiger partial charge in [-0.25, -0.2) is 14.5 Å². The van der Waals surface area contributed by atoms with Gasteiger partial charge in [0, 0.05) is 0 Å². The van der Waals surface area contributed by atoms with Gasteiger partial charge in [0.05, 0.1) is 6.61 Å². The summed E-state index contributed by atoms with van der Waals surface area (Å²) in [5.41, 5.74) is 5.23. The van der Waals surface area contributed by atoms with Crippen molar-refractivity contribution in [2.45, 2.75) is 65.0 Å². The summed E-state index contributed by atoms with van der Waals surface area (Å²) in [6.07, 6.45) is -1.06. The number of ether oxygens (including phenoxy) is 2. The zero-order valence-corrected chi connectivity index (χ0v) is 18.5. The smallest absolute Gasteiger partial charge is 0.417 e. The molecule has 0 radical (unpaired) electrons. The quantitative estimate of drug-likeness (QED) is 0.504. The van der Waals surface area contributed by atoms with Crippen LogP contribution in [0.2, 0.25) is 0 Å². The highest BCUT2D eigenvalue weighted by Crippen LogP contribution is 2.15. The molecule has 31 heavy (non-hydrogen) atoms. The molecule has 3 atom stereocenters. The number of nitrogens with zero attached hydrogens (tertiary/aromatic N) is 1. The van der Waals surface area contributed by atoms with E-state index in [0.717, 1.165) is 5.56 Å². The molecule has 0 aliphatic heterocycles. The molecule has 0 heterocycles. The first-order valence-electron chi connectivity index (χ1n) is 9.80. The minimum Gasteiger partial charge on any atom is -0.459 e. The van der Waals surface area contributed by atoms with Gasteiger partial charge in [0.2, 0.25) is 5.91 Å². The summed E-state index contributed by atoms with van der Waals surface area (Å²) in [5, 5.41) is 11.3. The van der Waals surface area contributed by atoms with Crippen LogP contribution >= 0.6 is 0 Å². The number of rotatable bonds is 8. The second-order valence-corrected chi connectivity index (χ2v) is 7.98. The van der Waals surface area contributed by atoms with E-state index in [4.69, 9.17) is 20.3 Å². The zero-order chi connectivity index (χ0) is 23.8. The third kappa shape index (κ3) is 8.35. The maximum atomic E-state index is 12.9. The number of aliphatic hydroxyl groups excluding tert-OH is 1. The molecular formula is C21H31N3O7. The van der Waals surface area contributed by atoms with Crippen molar-refractivity contribution in [3.63, 3.8) is 0 Å². The van der Waals surface area contributed by atoms with Gasteiger partial charge in [0.25, 0.3) is 5.91 Å². The molecule has 0 unspecified atom stereocenters. The van der Waals surface area contributed by atoms with Crippen LogP contribution in [0.3, 0.4) is 0 Å². The Kier molecular flexibility index (Phi) is 9.60. The van der Waals surface area contributed by atoms with E-state index in [1.54, 1.807) is 45.0 Å². The Morgan fingerprint density at radius 3 is 2.23 bits per heavy atom. The summed E-state index contributed by atoms with van der Waals surface area (Å²) >= 11 is 0. The number of nitrogens with two attached hydrogens (primary N) is 1. The number of benzene rings is 1. The average Bonchev–Trinajstić information content (AvgIpc) is 2.70. The summed E-state index contributed by atoms with van der Waals surface area (Å²) in [7, 11) is 0. The van der Waals surface area contributed by atoms with Crippen molar-refractivity contribution < 1.29 is 33.8 Å². The first-order valence-corrected chi connectivity index (χ1v) is 9.80. The average molecular weight is 437 g/mol. The van der Waals surface area contributed by atoms with Crippen LogP contribution in [0.25, 0.3) is 0 Å². The van der Waals surface area contributed by atoms with Crippen molar-refractivity contribution in [2.24, 2.45) is 5.73 Å². The van der Waals surface area contributed by atoms with Crippen molar-refractivity contribution >= 4 is 23.9 Å². The SMILES string of the molecule is C[C@H](NC(=O)[C@@H](N)CO)C(=O)N(C(=O)OC(C)(C)C)[C@@H](C)C(=O)OCc1ccccc1. The fraction of sp³-hybridized carbons (Fsp3) is 0.524. The lowest BCUT2D eigenvalue weighted by atomic mass is 10.2. The lowest BCUT2D eigenvalue weighted by Gasteiger charge is -2.31. The molecule has 0 saturated heterocycles. The molecule has 10 nitrogen and oxygen atoms in total. The molecule has 0 aliphatic carbocycles. The van der Waals surface area contributed by atoms with Gasteiger partial charge in [0.1, 0.15) is 30.3 Å². The monoisotopic (exact) mass is 437 g/mol. The van der Waals surface area contributed by atoms with Crippen LogP contribution in [0.4, 0.5) is 4.79 Å². The number of imide groups is 1. The highest BCUT2D eigenvalue weighted by Gasteiger charge is 2.38. The Balaban J connectivity index is 3.00. The number of nitrogens with one attached hydrogen (secondary N) is 1. The highest BCUT2D eigenvalue weighted by molar-refractivity contribution is 6.00. The molecule has 10 heteroatoms. The second-order valence-electron chi connectivity index (χ2n) is 7.98. The van der Waals surface area contributed by atoms with E-state index in [0.29, 0.717) is 4.90 Å². The normalized spacial score (nSPS) is 14.0. The molecule has 3 amide bonds. The third-order valence-electron chi connectivity index (χ3n) is 4.04. The van der Waals surface area contributed by atoms with Crippen LogP contribution in [0.5, 0.6) is 0 Å². The zero-order valence-electron chi connectivity index (χ0n) is 18.5. The number of carbonyl (C=O) groups excluding carboxylic acids is 4. The van der Waals surface area contributed by atoms with Gasteiger partial charge < -0.3 is 25.6 Å². The van der Waals surface area contributed by atoms with E-state index in [2.05, 4.69) is 5.32 Å². The fourth-order valence-electron chi connectivity index (χ4n) is 2.38. The number of esters is 1. The Hall–Kier alpha value is -2.98. The standard InChI is InChI=1S/C21H31N3O7/c1-13(23-17(26)16(22)11-25)18(27)24(20(29)31-21(3,4)5)14(2)19(28)30-12-15-9-7-6-8-10-15/h6-10,13-14,16,25H,11-12,22H2,1-5H3,(H,23,26)/t13-,14-,16-/m0/s1. The van der Waals surface area contributed by atoms with E-state index in [1.165, 1.54) is 13.8 Å². The van der Waals surface area contributed by atoms with Crippen LogP contribution in [0.15, 0.2) is 30.3 Å². The molecule has 0 aromatic heterocycles. The predicted octanol–water partition coefficient (Wildman–Crippen LogP) is 0.706. The molecular weight excluding hydrogens is 406 g/mol. The van der Waals surface area contributed by atoms with Crippen LogP contribution in [0.1, 0.15) is 40.2 Å². The van der Waals surface area contributed by atoms with E-state index >= 15 is 0 Å². The van der Waals surface area contributed by atoms with Crippen LogP contribution in [-0.2, 0) is 30.5 Å². The number of aliphatic hydroxyl groups is 1. The second kappa shape index (κ2) is 11.4. The van der Waals surface area contributed by atoms with Gasteiger partial charge in [-0.1, -0.05) is 30.3 Å². The van der Waals surface area contributed by atoms with Gasteiger partial charge in [-0.2, -0.15) is 0 Å². The Labute approximate surface area is 181 Å². The lowest BCUT2D eigenvalue weighted by Crippen LogP contribution is -2.57. The van der Waals surface area contributed by atoms with Crippen molar-refractivity contribution in [3.05, 3.63) is 35.9 Å². The van der Waals surface area contributed by atoms with Crippen LogP contribution < -0.4 is 11.1 Å². The predicted molar refractivity (Wildman–Crippen MR) is 111 cm³/mol. The Bertz CT molecular complexity index is 777. The minimum absolute atomic E-state index is 0.0436. The van der Waals surface area contributed by atoms with E-state index in [1.807, 2.05) is 6.07 Å². The largest absolute Gasteiger partial charge is 0.459 e. The summed E-state index contributed by atoms with van der Waals surface area (Å²) in [6, 6.07) is 5.12. The lowest BCUT2D eigenvalue weighted by molar-refractivity contribution is -0.155. The van der Waals surface area contributed by atoms with Gasteiger partial charge in [-0.05, 0) is 40.2 Å². The van der Waals surface area contributed by atoms with Crippen LogP contribution in [0, 0.1) is 0 Å². The molecule has 1 aromatic carbocycles. The molecule has 0 saturated carbocycles. The van der Waals surface area contributed by atoms with E-state index < -0.39 is 54.2 Å². The topological polar surface area (TPSA) is 148 Å². The third-order valence-corrected chi connectivity index (χ3v) is 4.04. The van der Waals surface area contributed by atoms with Crippen molar-refractivity contribution in [3.8, 4) is 0 Å². The maximum Gasteiger partial charge on any atom is 0.417 e. The summed E-state index contributed by atoms with van der Waals surface area (Å²) in [6.45, 7) is 6.81. The number of amides is 3. The molecule has 1 rings (SSSR count). The molecule has 0 spiro atoms. The minimum atomic E-state index is -1.32. The summed E-state index contributed by atoms with van der Waals surface area (Å²) in [5.74, 6) is -2.50. The van der Waals surface area contributed by atoms with Crippen molar-refractivity contribution in [2.75, 3.05) is 6.61 Å². The number of hydrogen-bond donors (Lipinski definition) is 3. The van der Waals surface area contributed by atoms with Gasteiger partial charge in [-0.3, -0.25) is 9.59 Å². The highest BCUT2D eigenvalue weighted by atomic mass is 16.6. The number of hydrogen-bond acceptors (Lipinski definition) is 8. The van der Waals surface area contributed by atoms with Gasteiger partial charge >= 0.3 is 12.1 Å². The molecule has 0 fully saturated rings. The molecule has 1 aromatic rings. The fourth-order valence-corrected chi connectivity index (χ4v) is 2.38. The first-order chi connectivity index (χ1) is 14.4. The van der Waals surface area contributed by atoms with Gasteiger partial charge in [-0.15, -0.1) is 0 Å². The maximum absolute atomic E-state index is 12.9. The summed E-state index contributed by atoms with van der Waals surface area (Å²) in [4.78, 5) is 50.7. The molecule has 172 valence electrons. The Morgan fingerprint density at radius 1 is 1.13 bits per heavy atom. The van der Waals surface area contributed by atoms with Crippen molar-refractivity contribution in [1.29, 1.82) is 0 Å². The molecule has 0 bridgehead atoms. The molecule has 0 aliphatic rings. The van der Waals surface area contributed by atoms with Gasteiger partial charge in [0.15, 0.2) is 0 Å². The summed E-state index contributed by atoms with van der Waals surface area (Å²) < 4.78 is 10.5. The molecule has 4 N–H and O–H groups in total. The van der Waals surface area contributed by atoms with E-state index in [9.17, 15) is 19.2 Å². The first kappa shape index (κ1) is 26.1. The van der Waals surface area contributed by atoms with E-state index in [-0.39, 0.29) is 6.61 Å². The number of carbonyl (C=O) groups is 4.